The summed E-state index contributed by atoms with van der Waals surface area (Å²) in [6.45, 7) is 6.86. The molecule has 2 heteroatoms. The van der Waals surface area contributed by atoms with Crippen LogP contribution in [0.5, 0.6) is 0 Å². The summed E-state index contributed by atoms with van der Waals surface area (Å²) in [5, 5.41) is 12.3. The summed E-state index contributed by atoms with van der Waals surface area (Å²) >= 11 is 0. The molecule has 2 nitrogen and oxygen atoms in total. The first kappa shape index (κ1) is 8.02. The predicted molar refractivity (Wildman–Crippen MR) is 41.8 cm³/mol. The van der Waals surface area contributed by atoms with E-state index in [0.29, 0.717) is 17.9 Å². The molecule has 1 fully saturated rings. The molecule has 0 aromatic carbocycles. The average molecular weight is 143 g/mol. The molecule has 1 heterocycles. The van der Waals surface area contributed by atoms with Gasteiger partial charge in [0.1, 0.15) is 0 Å². The fourth-order valence-electron chi connectivity index (χ4n) is 1.48. The molecule has 10 heavy (non-hydrogen) atoms. The van der Waals surface area contributed by atoms with Crippen LogP contribution >= 0.6 is 0 Å². The zero-order valence-corrected chi connectivity index (χ0v) is 6.85. The van der Waals surface area contributed by atoms with E-state index in [2.05, 4.69) is 19.2 Å². The van der Waals surface area contributed by atoms with Gasteiger partial charge in [-0.05, 0) is 24.3 Å². The second kappa shape index (κ2) is 2.89. The molecule has 1 unspecified atom stereocenters. The molecule has 0 saturated carbocycles. The fourth-order valence-corrected chi connectivity index (χ4v) is 1.48. The van der Waals surface area contributed by atoms with Gasteiger partial charge in [0, 0.05) is 13.2 Å². The zero-order chi connectivity index (χ0) is 7.61. The molecule has 0 radical (unpaired) electrons. The fraction of sp³-hybridized carbons (Fsp3) is 1.00. The van der Waals surface area contributed by atoms with Crippen LogP contribution in [0, 0.1) is 11.3 Å². The van der Waals surface area contributed by atoms with Crippen LogP contribution in [0.4, 0.5) is 0 Å². The number of hydrogen-bond donors (Lipinski definition) is 2. The highest BCUT2D eigenvalue weighted by Gasteiger charge is 2.30. The van der Waals surface area contributed by atoms with Gasteiger partial charge in [-0.25, -0.2) is 0 Å². The Bertz CT molecular complexity index is 112. The second-order valence-corrected chi connectivity index (χ2v) is 3.82. The van der Waals surface area contributed by atoms with Crippen molar-refractivity contribution >= 4 is 0 Å². The van der Waals surface area contributed by atoms with Crippen LogP contribution in [0.25, 0.3) is 0 Å². The molecular formula is C8H17NO. The number of aliphatic hydroxyl groups excluding tert-OH is 1. The Morgan fingerprint density at radius 2 is 2.30 bits per heavy atom. The number of hydrogen-bond acceptors (Lipinski definition) is 2. The number of nitrogens with one attached hydrogen (secondary N) is 1. The van der Waals surface area contributed by atoms with E-state index in [-0.39, 0.29) is 0 Å². The van der Waals surface area contributed by atoms with Crippen LogP contribution in [0.15, 0.2) is 0 Å². The van der Waals surface area contributed by atoms with E-state index in [1.807, 2.05) is 0 Å². The van der Waals surface area contributed by atoms with Gasteiger partial charge in [-0.2, -0.15) is 0 Å². The highest BCUT2D eigenvalue weighted by Crippen LogP contribution is 2.31. The molecular weight excluding hydrogens is 126 g/mol. The lowest BCUT2D eigenvalue weighted by molar-refractivity contribution is 0.0856. The van der Waals surface area contributed by atoms with Crippen LogP contribution in [0.2, 0.25) is 0 Å². The smallest absolute Gasteiger partial charge is 0.0476 e. The number of aliphatic hydroxyl groups is 1. The minimum atomic E-state index is 0.319. The molecule has 1 saturated heterocycles. The number of rotatable bonds is 1. The maximum Gasteiger partial charge on any atom is 0.0476 e. The third kappa shape index (κ3) is 1.50. The summed E-state index contributed by atoms with van der Waals surface area (Å²) in [7, 11) is 0. The first-order valence-corrected chi connectivity index (χ1v) is 3.98. The van der Waals surface area contributed by atoms with Gasteiger partial charge in [0.2, 0.25) is 0 Å². The maximum atomic E-state index is 8.99. The van der Waals surface area contributed by atoms with E-state index in [1.165, 1.54) is 6.42 Å². The van der Waals surface area contributed by atoms with Crippen molar-refractivity contribution < 1.29 is 5.11 Å². The Morgan fingerprint density at radius 3 is 2.70 bits per heavy atom. The van der Waals surface area contributed by atoms with E-state index in [0.717, 1.165) is 13.1 Å². The van der Waals surface area contributed by atoms with Crippen LogP contribution in [-0.4, -0.2) is 24.8 Å². The molecule has 0 amide bonds. The monoisotopic (exact) mass is 143 g/mol. The van der Waals surface area contributed by atoms with Crippen molar-refractivity contribution in [1.82, 2.24) is 5.32 Å². The first-order chi connectivity index (χ1) is 4.67. The van der Waals surface area contributed by atoms with Gasteiger partial charge in [0.15, 0.2) is 0 Å². The molecule has 0 bridgehead atoms. The van der Waals surface area contributed by atoms with E-state index >= 15 is 0 Å². The van der Waals surface area contributed by atoms with E-state index in [1.54, 1.807) is 0 Å². The quantitative estimate of drug-likeness (QED) is 0.564. The van der Waals surface area contributed by atoms with Crippen LogP contribution in [0.3, 0.4) is 0 Å². The van der Waals surface area contributed by atoms with Crippen LogP contribution in [0.1, 0.15) is 20.3 Å². The van der Waals surface area contributed by atoms with Crippen molar-refractivity contribution in [3.63, 3.8) is 0 Å². The standard InChI is InChI=1S/C8H17NO/c1-8(2)3-4-9-5-7(8)6-10/h7,9-10H,3-6H2,1-2H3. The van der Waals surface area contributed by atoms with Crippen LogP contribution in [-0.2, 0) is 0 Å². The summed E-state index contributed by atoms with van der Waals surface area (Å²) in [6.07, 6.45) is 1.18. The largest absolute Gasteiger partial charge is 0.396 e. The van der Waals surface area contributed by atoms with E-state index < -0.39 is 0 Å². The molecule has 1 atom stereocenters. The zero-order valence-electron chi connectivity index (χ0n) is 6.85. The lowest BCUT2D eigenvalue weighted by Gasteiger charge is -2.37. The third-order valence-electron chi connectivity index (χ3n) is 2.66. The Morgan fingerprint density at radius 1 is 1.60 bits per heavy atom. The first-order valence-electron chi connectivity index (χ1n) is 3.98. The van der Waals surface area contributed by atoms with Gasteiger partial charge < -0.3 is 10.4 Å². The molecule has 1 aliphatic rings. The van der Waals surface area contributed by atoms with Crippen molar-refractivity contribution in [2.45, 2.75) is 20.3 Å². The van der Waals surface area contributed by atoms with E-state index in [9.17, 15) is 0 Å². The normalized spacial score (nSPS) is 32.1. The summed E-state index contributed by atoms with van der Waals surface area (Å²) in [5.41, 5.74) is 0.333. The summed E-state index contributed by atoms with van der Waals surface area (Å²) in [6, 6.07) is 0. The average Bonchev–Trinajstić information content (AvgIpc) is 1.87. The van der Waals surface area contributed by atoms with Crippen molar-refractivity contribution in [1.29, 1.82) is 0 Å². The van der Waals surface area contributed by atoms with Gasteiger partial charge >= 0.3 is 0 Å². The lowest BCUT2D eigenvalue weighted by atomic mass is 9.74. The van der Waals surface area contributed by atoms with Crippen molar-refractivity contribution in [2.24, 2.45) is 11.3 Å². The van der Waals surface area contributed by atoms with Gasteiger partial charge in [-0.15, -0.1) is 0 Å². The van der Waals surface area contributed by atoms with Gasteiger partial charge in [0.05, 0.1) is 0 Å². The van der Waals surface area contributed by atoms with Gasteiger partial charge in [-0.3, -0.25) is 0 Å². The topological polar surface area (TPSA) is 32.3 Å². The minimum absolute atomic E-state index is 0.319. The highest BCUT2D eigenvalue weighted by atomic mass is 16.3. The molecule has 0 spiro atoms. The minimum Gasteiger partial charge on any atom is -0.396 e. The third-order valence-corrected chi connectivity index (χ3v) is 2.66. The van der Waals surface area contributed by atoms with Crippen molar-refractivity contribution in [2.75, 3.05) is 19.7 Å². The Hall–Kier alpha value is -0.0800. The SMILES string of the molecule is CC1(C)CCNCC1CO. The highest BCUT2D eigenvalue weighted by molar-refractivity contribution is 4.84. The number of piperidine rings is 1. The summed E-state index contributed by atoms with van der Waals surface area (Å²) in [4.78, 5) is 0. The Balaban J connectivity index is 2.51. The van der Waals surface area contributed by atoms with E-state index in [4.69, 9.17) is 5.11 Å². The lowest BCUT2D eigenvalue weighted by Crippen LogP contribution is -2.43. The Kier molecular flexibility index (Phi) is 2.32. The molecule has 60 valence electrons. The molecule has 0 aromatic heterocycles. The maximum absolute atomic E-state index is 8.99. The van der Waals surface area contributed by atoms with Crippen LogP contribution < -0.4 is 5.32 Å². The second-order valence-electron chi connectivity index (χ2n) is 3.82. The predicted octanol–water partition coefficient (Wildman–Crippen LogP) is 0.614. The van der Waals surface area contributed by atoms with Gasteiger partial charge in [0.25, 0.3) is 0 Å². The van der Waals surface area contributed by atoms with Crippen molar-refractivity contribution in [3.8, 4) is 0 Å². The molecule has 1 rings (SSSR count). The molecule has 0 aliphatic carbocycles. The van der Waals surface area contributed by atoms with Gasteiger partial charge in [-0.1, -0.05) is 13.8 Å². The summed E-state index contributed by atoms with van der Waals surface area (Å²) < 4.78 is 0. The summed E-state index contributed by atoms with van der Waals surface area (Å²) in [5.74, 6) is 0.446. The van der Waals surface area contributed by atoms with Crippen molar-refractivity contribution in [3.05, 3.63) is 0 Å². The molecule has 2 N–H and O–H groups in total. The Labute approximate surface area is 62.6 Å². The molecule has 1 aliphatic heterocycles. The molecule has 0 aromatic rings.